The van der Waals surface area contributed by atoms with Gasteiger partial charge in [0, 0.05) is 17.8 Å². The van der Waals surface area contributed by atoms with Crippen molar-refractivity contribution in [2.75, 3.05) is 5.32 Å². The van der Waals surface area contributed by atoms with Crippen LogP contribution in [0.5, 0.6) is 0 Å². The zero-order valence-corrected chi connectivity index (χ0v) is 15.6. The van der Waals surface area contributed by atoms with E-state index >= 15 is 0 Å². The van der Waals surface area contributed by atoms with E-state index in [1.54, 1.807) is 0 Å². The van der Waals surface area contributed by atoms with E-state index in [0.717, 1.165) is 15.6 Å². The molecule has 0 saturated carbocycles. The fraction of sp³-hybridized carbons (Fsp3) is 0.235. The lowest BCUT2D eigenvalue weighted by atomic mass is 10.2. The summed E-state index contributed by atoms with van der Waals surface area (Å²) < 4.78 is 56.0. The van der Waals surface area contributed by atoms with Gasteiger partial charge in [-0.05, 0) is 13.8 Å². The lowest BCUT2D eigenvalue weighted by molar-refractivity contribution is -0.385. The van der Waals surface area contributed by atoms with E-state index in [1.165, 1.54) is 26.2 Å². The maximum absolute atomic E-state index is 13.8. The second-order valence-electron chi connectivity index (χ2n) is 6.38. The van der Waals surface area contributed by atoms with Gasteiger partial charge < -0.3 is 5.32 Å². The van der Waals surface area contributed by atoms with Gasteiger partial charge in [-0.25, -0.2) is 17.6 Å². The van der Waals surface area contributed by atoms with Gasteiger partial charge >= 0.3 is 5.69 Å². The number of aryl methyl sites for hydroxylation is 1. The van der Waals surface area contributed by atoms with Gasteiger partial charge in [-0.1, -0.05) is 0 Å². The van der Waals surface area contributed by atoms with Crippen molar-refractivity contribution in [3.8, 4) is 0 Å². The summed E-state index contributed by atoms with van der Waals surface area (Å²) >= 11 is 0. The van der Waals surface area contributed by atoms with Crippen molar-refractivity contribution in [1.29, 1.82) is 0 Å². The Morgan fingerprint density at radius 3 is 2.57 bits per heavy atom. The van der Waals surface area contributed by atoms with Crippen LogP contribution in [-0.4, -0.2) is 30.4 Å². The number of anilines is 1. The van der Waals surface area contributed by atoms with Crippen LogP contribution in [0.15, 0.2) is 24.7 Å². The molecule has 3 rings (SSSR count). The van der Waals surface area contributed by atoms with Crippen LogP contribution in [0, 0.1) is 40.3 Å². The Kier molecular flexibility index (Phi) is 5.54. The zero-order chi connectivity index (χ0) is 22.2. The standard InChI is InChI=1S/C17H14F4N6O3/c1-8-14(27(29)30)7-26(24-8)9(2)17(28)23-10-4-22-25(5-10)6-11-12(18)3-13(19)16(21)15(11)20/h3-5,7,9H,6H2,1-2H3,(H,23,28). The van der Waals surface area contributed by atoms with E-state index in [-0.39, 0.29) is 23.1 Å². The summed E-state index contributed by atoms with van der Waals surface area (Å²) in [6.45, 7) is 2.34. The molecular formula is C17H14F4N6O3. The highest BCUT2D eigenvalue weighted by molar-refractivity contribution is 5.93. The highest BCUT2D eigenvalue weighted by atomic mass is 19.2. The Labute approximate surface area is 166 Å². The average Bonchev–Trinajstić information content (AvgIpc) is 3.29. The van der Waals surface area contributed by atoms with Crippen molar-refractivity contribution in [3.05, 3.63) is 69.3 Å². The molecule has 0 spiro atoms. The minimum Gasteiger partial charge on any atom is -0.322 e. The first-order valence-electron chi connectivity index (χ1n) is 8.43. The highest BCUT2D eigenvalue weighted by Gasteiger charge is 2.23. The van der Waals surface area contributed by atoms with Crippen molar-refractivity contribution in [2.45, 2.75) is 26.4 Å². The molecule has 0 radical (unpaired) electrons. The third kappa shape index (κ3) is 3.99. The van der Waals surface area contributed by atoms with Crippen molar-refractivity contribution in [1.82, 2.24) is 19.6 Å². The van der Waals surface area contributed by atoms with E-state index in [1.807, 2.05) is 0 Å². The lowest BCUT2D eigenvalue weighted by Gasteiger charge is -2.11. The van der Waals surface area contributed by atoms with Gasteiger partial charge in [0.15, 0.2) is 17.5 Å². The van der Waals surface area contributed by atoms with Crippen molar-refractivity contribution < 1.29 is 27.3 Å². The first-order chi connectivity index (χ1) is 14.1. The Bertz CT molecular complexity index is 1140. The molecule has 0 aliphatic carbocycles. The second kappa shape index (κ2) is 7.93. The monoisotopic (exact) mass is 426 g/mol. The third-order valence-corrected chi connectivity index (χ3v) is 4.29. The van der Waals surface area contributed by atoms with Gasteiger partial charge in [0.2, 0.25) is 5.91 Å². The number of amides is 1. The number of nitrogens with zero attached hydrogens (tertiary/aromatic N) is 5. The molecule has 1 aromatic carbocycles. The largest absolute Gasteiger partial charge is 0.322 e. The first-order valence-corrected chi connectivity index (χ1v) is 8.43. The number of carbonyl (C=O) groups is 1. The lowest BCUT2D eigenvalue weighted by Crippen LogP contribution is -2.24. The van der Waals surface area contributed by atoms with E-state index in [0.29, 0.717) is 0 Å². The number of benzene rings is 1. The Hall–Kier alpha value is -3.77. The molecular weight excluding hydrogens is 412 g/mol. The van der Waals surface area contributed by atoms with Crippen LogP contribution >= 0.6 is 0 Å². The van der Waals surface area contributed by atoms with Crippen LogP contribution in [0.1, 0.15) is 24.2 Å². The molecule has 13 heteroatoms. The number of carbonyl (C=O) groups excluding carboxylic acids is 1. The predicted octanol–water partition coefficient (Wildman–Crippen LogP) is 3.10. The maximum Gasteiger partial charge on any atom is 0.309 e. The van der Waals surface area contributed by atoms with E-state index < -0.39 is 52.2 Å². The summed E-state index contributed by atoms with van der Waals surface area (Å²) in [6.07, 6.45) is 3.52. The summed E-state index contributed by atoms with van der Waals surface area (Å²) in [7, 11) is 0. The first kappa shape index (κ1) is 21.0. The van der Waals surface area contributed by atoms with Crippen LogP contribution in [0.2, 0.25) is 0 Å². The fourth-order valence-electron chi connectivity index (χ4n) is 2.64. The number of halogens is 4. The highest BCUT2D eigenvalue weighted by Crippen LogP contribution is 2.21. The summed E-state index contributed by atoms with van der Waals surface area (Å²) in [4.78, 5) is 22.7. The summed E-state index contributed by atoms with van der Waals surface area (Å²) in [5.41, 5.74) is -0.683. The fourth-order valence-corrected chi connectivity index (χ4v) is 2.64. The minimum atomic E-state index is -1.80. The summed E-state index contributed by atoms with van der Waals surface area (Å²) in [5, 5.41) is 21.1. The molecule has 1 atom stereocenters. The van der Waals surface area contributed by atoms with Gasteiger partial charge in [-0.15, -0.1) is 0 Å². The minimum absolute atomic E-state index is 0.142. The molecule has 1 N–H and O–H groups in total. The molecule has 1 amide bonds. The van der Waals surface area contributed by atoms with E-state index in [9.17, 15) is 32.5 Å². The Morgan fingerprint density at radius 1 is 1.23 bits per heavy atom. The molecule has 2 aromatic heterocycles. The van der Waals surface area contributed by atoms with Gasteiger partial charge in [0.1, 0.15) is 23.7 Å². The number of hydrogen-bond acceptors (Lipinski definition) is 5. The third-order valence-electron chi connectivity index (χ3n) is 4.29. The quantitative estimate of drug-likeness (QED) is 0.214. The van der Waals surface area contributed by atoms with E-state index in [4.69, 9.17) is 0 Å². The molecule has 0 aliphatic heterocycles. The summed E-state index contributed by atoms with van der Waals surface area (Å²) in [5.74, 6) is -6.98. The topological polar surface area (TPSA) is 108 Å². The maximum atomic E-state index is 13.8. The number of nitro groups is 1. The average molecular weight is 426 g/mol. The van der Waals surface area contributed by atoms with Crippen molar-refractivity contribution in [2.24, 2.45) is 0 Å². The normalized spacial score (nSPS) is 12.1. The van der Waals surface area contributed by atoms with Gasteiger partial charge in [-0.2, -0.15) is 10.2 Å². The SMILES string of the molecule is Cc1nn(C(C)C(=O)Nc2cnn(Cc3c(F)cc(F)c(F)c3F)c2)cc1[N+](=O)[O-]. The van der Waals surface area contributed by atoms with Crippen LogP contribution in [0.25, 0.3) is 0 Å². The molecule has 1 unspecified atom stereocenters. The molecule has 9 nitrogen and oxygen atoms in total. The molecule has 0 fully saturated rings. The van der Waals surface area contributed by atoms with Gasteiger partial charge in [-0.3, -0.25) is 24.3 Å². The van der Waals surface area contributed by atoms with Crippen molar-refractivity contribution in [3.63, 3.8) is 0 Å². The second-order valence-corrected chi connectivity index (χ2v) is 6.38. The van der Waals surface area contributed by atoms with Gasteiger partial charge in [0.05, 0.1) is 23.4 Å². The van der Waals surface area contributed by atoms with Gasteiger partial charge in [0.25, 0.3) is 0 Å². The Morgan fingerprint density at radius 2 is 1.93 bits per heavy atom. The number of rotatable bonds is 6. The van der Waals surface area contributed by atoms with Crippen LogP contribution in [0.3, 0.4) is 0 Å². The smallest absolute Gasteiger partial charge is 0.309 e. The van der Waals surface area contributed by atoms with Crippen LogP contribution < -0.4 is 5.32 Å². The number of nitrogens with one attached hydrogen (secondary N) is 1. The Balaban J connectivity index is 1.73. The van der Waals surface area contributed by atoms with Crippen molar-refractivity contribution >= 4 is 17.3 Å². The molecule has 0 saturated heterocycles. The molecule has 0 bridgehead atoms. The zero-order valence-electron chi connectivity index (χ0n) is 15.6. The molecule has 3 aromatic rings. The van der Waals surface area contributed by atoms with Crippen LogP contribution in [-0.2, 0) is 11.3 Å². The van der Waals surface area contributed by atoms with E-state index in [2.05, 4.69) is 15.5 Å². The summed E-state index contributed by atoms with van der Waals surface area (Å²) in [6, 6.07) is -0.686. The molecule has 0 aliphatic rings. The van der Waals surface area contributed by atoms with Crippen LogP contribution in [0.4, 0.5) is 28.9 Å². The number of aromatic nitrogens is 4. The molecule has 2 heterocycles. The predicted molar refractivity (Wildman–Crippen MR) is 94.6 cm³/mol. The molecule has 158 valence electrons. The number of hydrogen-bond donors (Lipinski definition) is 1. The molecule has 30 heavy (non-hydrogen) atoms.